The Morgan fingerprint density at radius 2 is 2.07 bits per heavy atom. The van der Waals surface area contributed by atoms with E-state index in [4.69, 9.17) is 9.84 Å². The number of rotatable bonds is 7. The van der Waals surface area contributed by atoms with E-state index in [0.29, 0.717) is 5.69 Å². The minimum Gasteiger partial charge on any atom is -0.466 e. The third-order valence-corrected chi connectivity index (χ3v) is 4.26. The average molecular weight is 371 g/mol. The van der Waals surface area contributed by atoms with Crippen molar-refractivity contribution < 1.29 is 19.4 Å². The van der Waals surface area contributed by atoms with E-state index in [1.165, 1.54) is 12.0 Å². The lowest BCUT2D eigenvalue weighted by Gasteiger charge is -2.15. The van der Waals surface area contributed by atoms with Gasteiger partial charge in [0, 0.05) is 12.2 Å². The van der Waals surface area contributed by atoms with Crippen LogP contribution in [0, 0.1) is 0 Å². The average Bonchev–Trinajstić information content (AvgIpc) is 3.29. The lowest BCUT2D eigenvalue weighted by Crippen LogP contribution is -2.31. The van der Waals surface area contributed by atoms with Crippen LogP contribution in [0.3, 0.4) is 0 Å². The molecule has 0 spiro atoms. The maximum atomic E-state index is 12.5. The van der Waals surface area contributed by atoms with Crippen LogP contribution >= 0.6 is 0 Å². The van der Waals surface area contributed by atoms with E-state index in [0.717, 1.165) is 17.8 Å². The zero-order chi connectivity index (χ0) is 19.4. The van der Waals surface area contributed by atoms with Gasteiger partial charge in [0.15, 0.2) is 0 Å². The summed E-state index contributed by atoms with van der Waals surface area (Å²) in [5.41, 5.74) is 2.77. The molecule has 0 saturated heterocycles. The number of nitrogens with zero attached hydrogens (tertiary/aromatic N) is 4. The topological polar surface area (TPSA) is 110 Å². The molecule has 1 aromatic carbocycles. The van der Waals surface area contributed by atoms with Crippen molar-refractivity contribution in [2.24, 2.45) is 0 Å². The summed E-state index contributed by atoms with van der Waals surface area (Å²) in [6, 6.07) is 7.23. The number of anilines is 1. The molecule has 0 bridgehead atoms. The van der Waals surface area contributed by atoms with Crippen LogP contribution < -0.4 is 5.32 Å². The third-order valence-electron chi connectivity index (χ3n) is 4.26. The standard InChI is InChI=1S/C18H21N5O4/c1-3-12-10-23(21-20-12)14-6-4-13(5-7-14)19-16-15(18(26)27-2)11-22(8-9-24)17(16)25/h4-7,10,19,24H,3,8-9,11H2,1-2H3. The first-order valence-corrected chi connectivity index (χ1v) is 8.57. The van der Waals surface area contributed by atoms with Gasteiger partial charge in [-0.15, -0.1) is 5.10 Å². The number of aromatic nitrogens is 3. The highest BCUT2D eigenvalue weighted by Gasteiger charge is 2.34. The van der Waals surface area contributed by atoms with Crippen LogP contribution in [0.5, 0.6) is 0 Å². The van der Waals surface area contributed by atoms with Gasteiger partial charge in [-0.1, -0.05) is 12.1 Å². The van der Waals surface area contributed by atoms with Crippen molar-refractivity contribution >= 4 is 17.6 Å². The molecule has 2 heterocycles. The number of esters is 1. The zero-order valence-corrected chi connectivity index (χ0v) is 15.2. The predicted octanol–water partition coefficient (Wildman–Crippen LogP) is 0.503. The van der Waals surface area contributed by atoms with Gasteiger partial charge < -0.3 is 20.1 Å². The first-order valence-electron chi connectivity index (χ1n) is 8.57. The summed E-state index contributed by atoms with van der Waals surface area (Å²) < 4.78 is 6.44. The zero-order valence-electron chi connectivity index (χ0n) is 15.2. The highest BCUT2D eigenvalue weighted by molar-refractivity contribution is 6.08. The second kappa shape index (κ2) is 8.00. The summed E-state index contributed by atoms with van der Waals surface area (Å²) in [7, 11) is 1.27. The smallest absolute Gasteiger partial charge is 0.337 e. The van der Waals surface area contributed by atoms with E-state index in [-0.39, 0.29) is 36.9 Å². The summed E-state index contributed by atoms with van der Waals surface area (Å²) in [6.45, 7) is 2.08. The molecular formula is C18H21N5O4. The summed E-state index contributed by atoms with van der Waals surface area (Å²) >= 11 is 0. The number of benzene rings is 1. The first-order chi connectivity index (χ1) is 13.1. The molecule has 0 unspecified atom stereocenters. The van der Waals surface area contributed by atoms with Gasteiger partial charge in [-0.05, 0) is 30.7 Å². The molecule has 27 heavy (non-hydrogen) atoms. The van der Waals surface area contributed by atoms with Gasteiger partial charge in [0.2, 0.25) is 0 Å². The van der Waals surface area contributed by atoms with E-state index in [1.54, 1.807) is 16.8 Å². The Morgan fingerprint density at radius 1 is 1.33 bits per heavy atom. The quantitative estimate of drug-likeness (QED) is 0.682. The minimum absolute atomic E-state index is 0.102. The van der Waals surface area contributed by atoms with Gasteiger partial charge >= 0.3 is 5.97 Å². The lowest BCUT2D eigenvalue weighted by atomic mass is 10.2. The van der Waals surface area contributed by atoms with Crippen LogP contribution in [0.25, 0.3) is 5.69 Å². The molecule has 0 aliphatic carbocycles. The van der Waals surface area contributed by atoms with Crippen LogP contribution in [0.1, 0.15) is 12.6 Å². The molecule has 9 heteroatoms. The fourth-order valence-corrected chi connectivity index (χ4v) is 2.78. The Balaban J connectivity index is 1.81. The molecule has 9 nitrogen and oxygen atoms in total. The molecule has 2 aromatic rings. The summed E-state index contributed by atoms with van der Waals surface area (Å²) in [6.07, 6.45) is 2.66. The minimum atomic E-state index is -0.572. The Hall–Kier alpha value is -3.20. The number of aryl methyl sites for hydroxylation is 1. The highest BCUT2D eigenvalue weighted by Crippen LogP contribution is 2.23. The molecule has 0 fully saturated rings. The lowest BCUT2D eigenvalue weighted by molar-refractivity contribution is -0.136. The van der Waals surface area contributed by atoms with E-state index in [9.17, 15) is 9.59 Å². The number of aliphatic hydroxyl groups is 1. The van der Waals surface area contributed by atoms with Crippen molar-refractivity contribution in [1.29, 1.82) is 0 Å². The normalized spacial score (nSPS) is 14.0. The third kappa shape index (κ3) is 3.82. The number of β-amino-alcohol motifs (C(OH)–C–C–N with tert-alkyl or cyclic N) is 1. The molecule has 2 N–H and O–H groups in total. The van der Waals surface area contributed by atoms with Crippen molar-refractivity contribution in [2.75, 3.05) is 32.1 Å². The number of aliphatic hydroxyl groups excluding tert-OH is 1. The SMILES string of the molecule is CCc1cn(-c2ccc(NC3=C(C(=O)OC)CN(CCO)C3=O)cc2)nn1. The van der Waals surface area contributed by atoms with Crippen molar-refractivity contribution in [1.82, 2.24) is 19.9 Å². The summed E-state index contributed by atoms with van der Waals surface area (Å²) in [5, 5.41) is 20.2. The second-order valence-electron chi connectivity index (χ2n) is 5.98. The molecule has 0 radical (unpaired) electrons. The van der Waals surface area contributed by atoms with E-state index >= 15 is 0 Å². The molecular weight excluding hydrogens is 350 g/mol. The van der Waals surface area contributed by atoms with Crippen molar-refractivity contribution in [3.8, 4) is 5.69 Å². The van der Waals surface area contributed by atoms with Gasteiger partial charge in [0.25, 0.3) is 5.91 Å². The molecule has 1 amide bonds. The monoisotopic (exact) mass is 371 g/mol. The number of nitrogens with one attached hydrogen (secondary N) is 1. The Kier molecular flexibility index (Phi) is 5.51. The van der Waals surface area contributed by atoms with E-state index < -0.39 is 5.97 Å². The maximum Gasteiger partial charge on any atom is 0.337 e. The molecule has 1 aliphatic rings. The highest BCUT2D eigenvalue weighted by atomic mass is 16.5. The summed E-state index contributed by atoms with van der Waals surface area (Å²) in [4.78, 5) is 25.9. The van der Waals surface area contributed by atoms with E-state index in [1.807, 2.05) is 25.3 Å². The number of ether oxygens (including phenoxy) is 1. The Labute approximate surface area is 156 Å². The molecule has 0 saturated carbocycles. The Bertz CT molecular complexity index is 872. The number of carbonyl (C=O) groups is 2. The number of carbonyl (C=O) groups excluding carboxylic acids is 2. The van der Waals surface area contributed by atoms with Crippen molar-refractivity contribution in [2.45, 2.75) is 13.3 Å². The van der Waals surface area contributed by atoms with Gasteiger partial charge in [-0.25, -0.2) is 9.48 Å². The molecule has 142 valence electrons. The largest absolute Gasteiger partial charge is 0.466 e. The van der Waals surface area contributed by atoms with Crippen LogP contribution in [0.4, 0.5) is 5.69 Å². The fourth-order valence-electron chi connectivity index (χ4n) is 2.78. The number of methoxy groups -OCH3 is 1. The number of hydrogen-bond donors (Lipinski definition) is 2. The van der Waals surface area contributed by atoms with Crippen LogP contribution in [-0.4, -0.2) is 63.7 Å². The Morgan fingerprint density at radius 3 is 2.67 bits per heavy atom. The molecule has 3 rings (SSSR count). The van der Waals surface area contributed by atoms with Gasteiger partial charge in [-0.3, -0.25) is 4.79 Å². The van der Waals surface area contributed by atoms with E-state index in [2.05, 4.69) is 15.6 Å². The van der Waals surface area contributed by atoms with Gasteiger partial charge in [0.05, 0.1) is 43.4 Å². The number of hydrogen-bond acceptors (Lipinski definition) is 7. The summed E-state index contributed by atoms with van der Waals surface area (Å²) in [5.74, 6) is -0.921. The molecule has 0 atom stereocenters. The van der Waals surface area contributed by atoms with Crippen molar-refractivity contribution in [3.05, 3.63) is 47.4 Å². The van der Waals surface area contributed by atoms with Crippen LogP contribution in [0.2, 0.25) is 0 Å². The van der Waals surface area contributed by atoms with Crippen LogP contribution in [0.15, 0.2) is 41.7 Å². The van der Waals surface area contributed by atoms with Gasteiger partial charge in [-0.2, -0.15) is 0 Å². The molecule has 1 aromatic heterocycles. The number of amides is 1. The molecule has 1 aliphatic heterocycles. The second-order valence-corrected chi connectivity index (χ2v) is 5.98. The van der Waals surface area contributed by atoms with Crippen LogP contribution in [-0.2, 0) is 20.7 Å². The maximum absolute atomic E-state index is 12.5. The predicted molar refractivity (Wildman–Crippen MR) is 97.1 cm³/mol. The van der Waals surface area contributed by atoms with Gasteiger partial charge in [0.1, 0.15) is 5.70 Å². The first kappa shape index (κ1) is 18.6. The fraction of sp³-hybridized carbons (Fsp3) is 0.333. The van der Waals surface area contributed by atoms with Crippen molar-refractivity contribution in [3.63, 3.8) is 0 Å².